The number of aliphatic hydroxyl groups is 1. The fraction of sp³-hybridized carbons (Fsp3) is 0.368. The number of aliphatic hydroxyl groups excluding tert-OH is 1. The van der Waals surface area contributed by atoms with Gasteiger partial charge in [0.25, 0.3) is 0 Å². The number of benzene rings is 1. The van der Waals surface area contributed by atoms with Crippen molar-refractivity contribution in [2.45, 2.75) is 20.3 Å². The molecule has 0 saturated carbocycles. The summed E-state index contributed by atoms with van der Waals surface area (Å²) in [5.74, 6) is 0.486. The van der Waals surface area contributed by atoms with Gasteiger partial charge in [-0.25, -0.2) is 4.99 Å². The van der Waals surface area contributed by atoms with Crippen LogP contribution in [0.2, 0.25) is 0 Å². The van der Waals surface area contributed by atoms with E-state index in [0.717, 1.165) is 24.2 Å². The lowest BCUT2D eigenvalue weighted by Gasteiger charge is -2.15. The van der Waals surface area contributed by atoms with Gasteiger partial charge >= 0.3 is 0 Å². The van der Waals surface area contributed by atoms with Crippen molar-refractivity contribution >= 4 is 17.1 Å². The molecular weight excluding hydrogens is 316 g/mol. The van der Waals surface area contributed by atoms with Crippen LogP contribution in [-0.2, 0) is 11.2 Å². The summed E-state index contributed by atoms with van der Waals surface area (Å²) in [4.78, 5) is 4.64. The van der Waals surface area contributed by atoms with Crippen LogP contribution in [0.3, 0.4) is 0 Å². The van der Waals surface area contributed by atoms with E-state index in [-0.39, 0.29) is 12.3 Å². The fourth-order valence-corrected chi connectivity index (χ4v) is 2.52. The van der Waals surface area contributed by atoms with Crippen molar-refractivity contribution in [3.05, 3.63) is 52.9 Å². The Bertz CT molecular complexity index is 720. The number of rotatable bonds is 8. The third kappa shape index (κ3) is 5.27. The van der Waals surface area contributed by atoms with Crippen molar-refractivity contribution in [2.75, 3.05) is 26.3 Å². The zero-order valence-corrected chi connectivity index (χ0v) is 14.8. The van der Waals surface area contributed by atoms with E-state index in [0.29, 0.717) is 30.3 Å². The molecule has 0 fully saturated rings. The zero-order valence-electron chi connectivity index (χ0n) is 14.8. The van der Waals surface area contributed by atoms with Crippen molar-refractivity contribution in [1.29, 1.82) is 5.41 Å². The van der Waals surface area contributed by atoms with Crippen molar-refractivity contribution < 1.29 is 9.84 Å². The molecule has 5 N–H and O–H groups in total. The average molecular weight is 342 g/mol. The van der Waals surface area contributed by atoms with Crippen LogP contribution in [0, 0.1) is 12.3 Å². The maximum atomic E-state index is 8.77. The minimum absolute atomic E-state index is 0.152. The van der Waals surface area contributed by atoms with Crippen LogP contribution in [0.25, 0.3) is 0 Å². The van der Waals surface area contributed by atoms with Gasteiger partial charge in [-0.2, -0.15) is 0 Å². The Balaban J connectivity index is 2.16. The smallest absolute Gasteiger partial charge is 0.146 e. The summed E-state index contributed by atoms with van der Waals surface area (Å²) in [5.41, 5.74) is 10.5. The molecule has 0 spiro atoms. The molecule has 0 bridgehead atoms. The van der Waals surface area contributed by atoms with E-state index in [1.54, 1.807) is 12.2 Å². The maximum absolute atomic E-state index is 8.77. The Hall–Kier alpha value is -2.44. The molecule has 1 aliphatic carbocycles. The van der Waals surface area contributed by atoms with E-state index in [4.69, 9.17) is 21.0 Å². The highest BCUT2D eigenvalue weighted by molar-refractivity contribution is 6.22. The molecule has 1 aromatic carbocycles. The van der Waals surface area contributed by atoms with Gasteiger partial charge in [0.2, 0.25) is 0 Å². The minimum atomic E-state index is 0.152. The van der Waals surface area contributed by atoms with Gasteiger partial charge < -0.3 is 20.9 Å². The predicted molar refractivity (Wildman–Crippen MR) is 102 cm³/mol. The number of hydrogen-bond donors (Lipinski definition) is 4. The molecule has 0 unspecified atom stereocenters. The number of ether oxygens (including phenoxy) is 1. The molecule has 2 rings (SSSR count). The molecule has 0 atom stereocenters. The van der Waals surface area contributed by atoms with Gasteiger partial charge in [0.1, 0.15) is 5.76 Å². The molecule has 0 aliphatic heterocycles. The number of aryl methyl sites for hydroxylation is 1. The van der Waals surface area contributed by atoms with Gasteiger partial charge in [-0.15, -0.1) is 0 Å². The molecule has 0 heterocycles. The highest BCUT2D eigenvalue weighted by Crippen LogP contribution is 2.22. The van der Waals surface area contributed by atoms with Crippen molar-refractivity contribution in [3.8, 4) is 0 Å². The first-order valence-electron chi connectivity index (χ1n) is 8.46. The molecule has 6 nitrogen and oxygen atoms in total. The largest absolute Gasteiger partial charge is 0.492 e. The Labute approximate surface area is 148 Å². The van der Waals surface area contributed by atoms with Crippen molar-refractivity contribution in [3.63, 3.8) is 0 Å². The van der Waals surface area contributed by atoms with Gasteiger partial charge in [0.05, 0.1) is 36.0 Å². The summed E-state index contributed by atoms with van der Waals surface area (Å²) in [7, 11) is 0. The summed E-state index contributed by atoms with van der Waals surface area (Å²) in [5, 5.41) is 19.8. The second kappa shape index (κ2) is 9.15. The maximum Gasteiger partial charge on any atom is 0.146 e. The van der Waals surface area contributed by atoms with Crippen LogP contribution in [0.15, 0.2) is 46.8 Å². The SMILES string of the molecule is CCOC1=CC(=Nc2ccc(CCNCCO)cc2C)C(N)=CC1=N. The lowest BCUT2D eigenvalue weighted by Crippen LogP contribution is -2.20. The first-order chi connectivity index (χ1) is 12.0. The monoisotopic (exact) mass is 342 g/mol. The van der Waals surface area contributed by atoms with E-state index < -0.39 is 0 Å². The standard InChI is InChI=1S/C19H26N4O2/c1-3-25-19-12-18(15(20)11-16(19)21)23-17-5-4-14(10-13(17)2)6-7-22-8-9-24/h4-5,10-12,21-22,24H,3,6-9,20H2,1-2H3. The number of aliphatic imine (C=N–C) groups is 1. The lowest BCUT2D eigenvalue weighted by atomic mass is 10.1. The topological polar surface area (TPSA) is 104 Å². The van der Waals surface area contributed by atoms with Gasteiger partial charge in [0.15, 0.2) is 0 Å². The lowest BCUT2D eigenvalue weighted by molar-refractivity contribution is 0.250. The Morgan fingerprint density at radius 1 is 1.28 bits per heavy atom. The normalized spacial score (nSPS) is 16.0. The summed E-state index contributed by atoms with van der Waals surface area (Å²) in [6.07, 6.45) is 4.18. The van der Waals surface area contributed by atoms with Gasteiger partial charge in [-0.3, -0.25) is 5.41 Å². The first-order valence-corrected chi connectivity index (χ1v) is 8.46. The molecule has 6 heteroatoms. The molecular formula is C19H26N4O2. The predicted octanol–water partition coefficient (Wildman–Crippen LogP) is 1.99. The summed E-state index contributed by atoms with van der Waals surface area (Å²) < 4.78 is 5.46. The third-order valence-corrected chi connectivity index (χ3v) is 3.81. The third-order valence-electron chi connectivity index (χ3n) is 3.81. The molecule has 134 valence electrons. The highest BCUT2D eigenvalue weighted by Gasteiger charge is 2.15. The van der Waals surface area contributed by atoms with E-state index in [1.807, 2.05) is 26.0 Å². The van der Waals surface area contributed by atoms with E-state index in [1.165, 1.54) is 5.56 Å². The number of allylic oxidation sites excluding steroid dienone is 2. The molecule has 0 amide bonds. The van der Waals surface area contributed by atoms with Crippen LogP contribution in [0.5, 0.6) is 0 Å². The van der Waals surface area contributed by atoms with Crippen LogP contribution in [0.4, 0.5) is 5.69 Å². The number of nitrogens with one attached hydrogen (secondary N) is 2. The second-order valence-electron chi connectivity index (χ2n) is 5.80. The van der Waals surface area contributed by atoms with E-state index in [2.05, 4.69) is 16.4 Å². The highest BCUT2D eigenvalue weighted by atomic mass is 16.5. The van der Waals surface area contributed by atoms with Gasteiger partial charge in [-0.05, 0) is 50.1 Å². The first kappa shape index (κ1) is 18.9. The van der Waals surface area contributed by atoms with Crippen LogP contribution in [0.1, 0.15) is 18.1 Å². The number of hydrogen-bond acceptors (Lipinski definition) is 6. The molecule has 1 aromatic rings. The molecule has 0 saturated heterocycles. The Morgan fingerprint density at radius 3 is 2.76 bits per heavy atom. The summed E-state index contributed by atoms with van der Waals surface area (Å²) in [6.45, 7) is 5.98. The van der Waals surface area contributed by atoms with Crippen LogP contribution < -0.4 is 11.1 Å². The van der Waals surface area contributed by atoms with Crippen molar-refractivity contribution in [1.82, 2.24) is 5.32 Å². The quantitative estimate of drug-likeness (QED) is 0.428. The van der Waals surface area contributed by atoms with Crippen molar-refractivity contribution in [2.24, 2.45) is 10.7 Å². The van der Waals surface area contributed by atoms with E-state index >= 15 is 0 Å². The molecule has 0 aromatic heterocycles. The Kier molecular flexibility index (Phi) is 6.91. The van der Waals surface area contributed by atoms with Gasteiger partial charge in [0, 0.05) is 12.6 Å². The van der Waals surface area contributed by atoms with Gasteiger partial charge in [-0.1, -0.05) is 12.1 Å². The second-order valence-corrected chi connectivity index (χ2v) is 5.80. The molecule has 25 heavy (non-hydrogen) atoms. The van der Waals surface area contributed by atoms with Crippen LogP contribution >= 0.6 is 0 Å². The molecule has 0 radical (unpaired) electrons. The number of nitrogens with two attached hydrogens (primary N) is 1. The summed E-state index contributed by atoms with van der Waals surface area (Å²) in [6, 6.07) is 6.13. The average Bonchev–Trinajstić information content (AvgIpc) is 2.58. The van der Waals surface area contributed by atoms with Crippen LogP contribution in [-0.4, -0.2) is 42.8 Å². The Morgan fingerprint density at radius 2 is 2.08 bits per heavy atom. The fourth-order valence-electron chi connectivity index (χ4n) is 2.52. The minimum Gasteiger partial charge on any atom is -0.492 e. The van der Waals surface area contributed by atoms with E-state index in [9.17, 15) is 0 Å². The molecule has 1 aliphatic rings. The summed E-state index contributed by atoms with van der Waals surface area (Å²) >= 11 is 0. The number of nitrogens with zero attached hydrogens (tertiary/aromatic N) is 1. The zero-order chi connectivity index (χ0) is 18.2.